The van der Waals surface area contributed by atoms with Crippen LogP contribution < -0.4 is 10.5 Å². The maximum absolute atomic E-state index is 13.8. The van der Waals surface area contributed by atoms with Crippen LogP contribution >= 0.6 is 11.6 Å². The smallest absolute Gasteiger partial charge is 0.250 e. The molecular formula is C15H12ClFN2O2. The number of primary amides is 1. The largest absolute Gasteiger partial charge is 0.489 e. The van der Waals surface area contributed by atoms with Crippen LogP contribution in [0.15, 0.2) is 24.3 Å². The number of nitrogens with two attached hydrogens (primary N) is 1. The van der Waals surface area contributed by atoms with E-state index in [1.807, 2.05) is 0 Å². The zero-order valence-electron chi connectivity index (χ0n) is 11.2. The Labute approximate surface area is 125 Å². The number of rotatable bonds is 2. The van der Waals surface area contributed by atoms with Gasteiger partial charge in [0.1, 0.15) is 6.61 Å². The molecule has 0 fully saturated rings. The monoisotopic (exact) mass is 306 g/mol. The first kappa shape index (κ1) is 13.8. The number of aromatic nitrogens is 1. The average Bonchev–Trinajstić information content (AvgIpc) is 2.82. The lowest BCUT2D eigenvalue weighted by Crippen LogP contribution is -2.15. The van der Waals surface area contributed by atoms with Crippen LogP contribution in [0.4, 0.5) is 4.39 Å². The predicted octanol–water partition coefficient (Wildman–Crippen LogP) is 2.81. The van der Waals surface area contributed by atoms with Gasteiger partial charge in [0.25, 0.3) is 5.91 Å². The van der Waals surface area contributed by atoms with Crippen molar-refractivity contribution in [2.24, 2.45) is 5.73 Å². The third kappa shape index (κ3) is 2.34. The summed E-state index contributed by atoms with van der Waals surface area (Å²) < 4.78 is 19.2. The van der Waals surface area contributed by atoms with Crippen molar-refractivity contribution in [2.75, 3.05) is 6.61 Å². The number of fused-ring (bicyclic) bond motifs is 1. The van der Waals surface area contributed by atoms with Gasteiger partial charge in [0, 0.05) is 10.6 Å². The molecule has 0 spiro atoms. The average molecular weight is 307 g/mol. The number of benzene rings is 1. The molecule has 0 radical (unpaired) electrons. The zero-order chi connectivity index (χ0) is 15.1. The van der Waals surface area contributed by atoms with E-state index in [9.17, 15) is 9.18 Å². The van der Waals surface area contributed by atoms with Gasteiger partial charge in [-0.15, -0.1) is 0 Å². The van der Waals surface area contributed by atoms with Crippen molar-refractivity contribution in [3.63, 3.8) is 0 Å². The zero-order valence-corrected chi connectivity index (χ0v) is 11.9. The van der Waals surface area contributed by atoms with Gasteiger partial charge >= 0.3 is 0 Å². The first-order valence-electron chi connectivity index (χ1n) is 6.36. The Kier molecular flexibility index (Phi) is 3.29. The number of carbonyl (C=O) groups excluding carboxylic acids is 1. The van der Waals surface area contributed by atoms with E-state index < -0.39 is 11.7 Å². The maximum Gasteiger partial charge on any atom is 0.250 e. The van der Waals surface area contributed by atoms with E-state index >= 15 is 0 Å². The molecule has 6 heteroatoms. The molecule has 0 bridgehead atoms. The normalized spacial score (nSPS) is 16.4. The van der Waals surface area contributed by atoms with Crippen molar-refractivity contribution in [3.8, 4) is 5.75 Å². The lowest BCUT2D eigenvalue weighted by Gasteiger charge is -2.11. The van der Waals surface area contributed by atoms with E-state index in [1.54, 1.807) is 25.1 Å². The fourth-order valence-corrected chi connectivity index (χ4v) is 2.74. The lowest BCUT2D eigenvalue weighted by atomic mass is 9.96. The first-order chi connectivity index (χ1) is 9.97. The molecular weight excluding hydrogens is 295 g/mol. The molecule has 4 nitrogen and oxygen atoms in total. The second-order valence-electron chi connectivity index (χ2n) is 4.90. The highest BCUT2D eigenvalue weighted by Gasteiger charge is 2.30. The van der Waals surface area contributed by atoms with Gasteiger partial charge in [-0.25, -0.2) is 4.39 Å². The number of aryl methyl sites for hydroxylation is 1. The second-order valence-corrected chi connectivity index (χ2v) is 5.34. The van der Waals surface area contributed by atoms with Gasteiger partial charge in [0.05, 0.1) is 22.9 Å². The quantitative estimate of drug-likeness (QED) is 0.928. The number of carbonyl (C=O) groups is 1. The van der Waals surface area contributed by atoms with Gasteiger partial charge in [0.2, 0.25) is 0 Å². The van der Waals surface area contributed by atoms with E-state index in [0.29, 0.717) is 27.5 Å². The first-order valence-corrected chi connectivity index (χ1v) is 6.74. The van der Waals surface area contributed by atoms with E-state index in [-0.39, 0.29) is 18.3 Å². The van der Waals surface area contributed by atoms with E-state index in [2.05, 4.69) is 4.98 Å². The van der Waals surface area contributed by atoms with Crippen LogP contribution in [-0.4, -0.2) is 17.5 Å². The molecule has 1 aromatic heterocycles. The number of pyridine rings is 1. The van der Waals surface area contributed by atoms with Gasteiger partial charge in [-0.1, -0.05) is 11.6 Å². The van der Waals surface area contributed by atoms with Gasteiger partial charge < -0.3 is 10.5 Å². The molecule has 1 aliphatic heterocycles. The van der Waals surface area contributed by atoms with E-state index in [4.69, 9.17) is 22.1 Å². The Bertz CT molecular complexity index is 749. The van der Waals surface area contributed by atoms with E-state index in [0.717, 1.165) is 0 Å². The molecule has 2 N–H and O–H groups in total. The summed E-state index contributed by atoms with van der Waals surface area (Å²) in [6, 6.07) is 6.22. The molecule has 0 saturated heterocycles. The third-order valence-corrected chi connectivity index (χ3v) is 3.75. The summed E-state index contributed by atoms with van der Waals surface area (Å²) in [5.74, 6) is -1.01. The highest BCUT2D eigenvalue weighted by molar-refractivity contribution is 6.30. The van der Waals surface area contributed by atoms with Crippen molar-refractivity contribution < 1.29 is 13.9 Å². The number of hydrogen-bond acceptors (Lipinski definition) is 3. The third-order valence-electron chi connectivity index (χ3n) is 3.54. The summed E-state index contributed by atoms with van der Waals surface area (Å²) in [6.45, 7) is 1.99. The van der Waals surface area contributed by atoms with Crippen molar-refractivity contribution in [3.05, 3.63) is 57.6 Å². The molecule has 21 heavy (non-hydrogen) atoms. The topological polar surface area (TPSA) is 65.2 Å². The highest BCUT2D eigenvalue weighted by atomic mass is 35.5. The molecule has 3 rings (SSSR count). The fourth-order valence-electron chi connectivity index (χ4n) is 2.53. The predicted molar refractivity (Wildman–Crippen MR) is 76.2 cm³/mol. The van der Waals surface area contributed by atoms with Crippen LogP contribution in [0.5, 0.6) is 5.75 Å². The van der Waals surface area contributed by atoms with Crippen LogP contribution in [0.25, 0.3) is 0 Å². The summed E-state index contributed by atoms with van der Waals surface area (Å²) in [7, 11) is 0. The maximum atomic E-state index is 13.8. The van der Waals surface area contributed by atoms with E-state index in [1.165, 1.54) is 6.07 Å². The Balaban J connectivity index is 2.05. The summed E-state index contributed by atoms with van der Waals surface area (Å²) in [6.07, 6.45) is 0. The van der Waals surface area contributed by atoms with Crippen LogP contribution in [0.2, 0.25) is 5.02 Å². The minimum Gasteiger partial charge on any atom is -0.489 e. The Morgan fingerprint density at radius 2 is 2.24 bits per heavy atom. The van der Waals surface area contributed by atoms with Crippen molar-refractivity contribution in [1.82, 2.24) is 4.98 Å². The summed E-state index contributed by atoms with van der Waals surface area (Å²) in [4.78, 5) is 15.6. The van der Waals surface area contributed by atoms with Crippen LogP contribution in [0, 0.1) is 12.7 Å². The summed E-state index contributed by atoms with van der Waals surface area (Å²) >= 11 is 5.90. The lowest BCUT2D eigenvalue weighted by molar-refractivity contribution is 0.0999. The fraction of sp³-hybridized carbons (Fsp3) is 0.200. The number of hydrogen-bond donors (Lipinski definition) is 1. The van der Waals surface area contributed by atoms with Gasteiger partial charge in [0.15, 0.2) is 11.6 Å². The van der Waals surface area contributed by atoms with Gasteiger partial charge in [-0.05, 0) is 31.2 Å². The molecule has 1 aliphatic rings. The van der Waals surface area contributed by atoms with Gasteiger partial charge in [-0.3, -0.25) is 9.78 Å². The number of nitrogens with zero attached hydrogens (tertiary/aromatic N) is 1. The second kappa shape index (κ2) is 5.00. The van der Waals surface area contributed by atoms with Crippen LogP contribution in [-0.2, 0) is 0 Å². The molecule has 2 aromatic rings. The molecule has 2 heterocycles. The molecule has 1 atom stereocenters. The molecule has 1 amide bonds. The van der Waals surface area contributed by atoms with Crippen molar-refractivity contribution in [2.45, 2.75) is 12.8 Å². The molecule has 0 unspecified atom stereocenters. The Morgan fingerprint density at radius 1 is 1.48 bits per heavy atom. The Hall–Kier alpha value is -2.14. The molecule has 0 aliphatic carbocycles. The van der Waals surface area contributed by atoms with Crippen molar-refractivity contribution in [1.29, 1.82) is 0 Å². The Morgan fingerprint density at radius 3 is 2.90 bits per heavy atom. The highest BCUT2D eigenvalue weighted by Crippen LogP contribution is 2.41. The van der Waals surface area contributed by atoms with Crippen molar-refractivity contribution >= 4 is 17.5 Å². The minimum atomic E-state index is -0.524. The molecule has 1 aromatic carbocycles. The molecule has 108 valence electrons. The summed E-state index contributed by atoms with van der Waals surface area (Å²) in [5, 5.41) is 0.312. The number of ether oxygens (including phenoxy) is 1. The minimum absolute atomic E-state index is 0.211. The van der Waals surface area contributed by atoms with Crippen LogP contribution in [0.1, 0.15) is 33.2 Å². The number of amides is 1. The standard InChI is InChI=1S/C15H12ClFN2O2/c1-7-9(15(18)20)2-3-13(19-7)11-6-21-14-10(11)4-8(16)5-12(14)17/h2-5,11H,6H2,1H3,(H2,18,20)/t11-/m0/s1. The summed E-state index contributed by atoms with van der Waals surface area (Å²) in [5.41, 5.74) is 7.53. The van der Waals surface area contributed by atoms with Crippen LogP contribution in [0.3, 0.4) is 0 Å². The molecule has 0 saturated carbocycles. The SMILES string of the molecule is Cc1nc([C@H]2COc3c(F)cc(Cl)cc32)ccc1C(N)=O. The van der Waals surface area contributed by atoms with Gasteiger partial charge in [-0.2, -0.15) is 0 Å². The number of halogens is 2.